The van der Waals surface area contributed by atoms with E-state index in [2.05, 4.69) is 11.8 Å². The van der Waals surface area contributed by atoms with Crippen molar-refractivity contribution in [3.8, 4) is 17.6 Å². The lowest BCUT2D eigenvalue weighted by molar-refractivity contribution is 0.0909. The molecule has 24 heavy (non-hydrogen) atoms. The third-order valence-corrected chi connectivity index (χ3v) is 3.94. The average Bonchev–Trinajstić information content (AvgIpc) is 2.53. The van der Waals surface area contributed by atoms with Crippen molar-refractivity contribution in [2.45, 2.75) is 26.7 Å². The Kier molecular flexibility index (Phi) is 5.10. The summed E-state index contributed by atoms with van der Waals surface area (Å²) in [5.41, 5.74) is -0.227. The second-order valence-corrected chi connectivity index (χ2v) is 5.50. The average molecular weight is 347 g/mol. The Balaban J connectivity index is 2.84. The SMILES string of the molecule is CC#Cc1cc2c(c(O)c1C(=O)CCC)C(=O)C(Cl)=C(OC)C2=O. The monoisotopic (exact) mass is 346 g/mol. The number of ether oxygens (including phenoxy) is 1. The number of rotatable bonds is 4. The molecule has 0 atom stereocenters. The van der Waals surface area contributed by atoms with E-state index >= 15 is 0 Å². The Labute approximate surface area is 144 Å². The second-order valence-electron chi connectivity index (χ2n) is 5.12. The van der Waals surface area contributed by atoms with Gasteiger partial charge in [0.15, 0.2) is 11.5 Å². The van der Waals surface area contributed by atoms with Gasteiger partial charge in [-0.05, 0) is 19.4 Å². The zero-order valence-corrected chi connectivity index (χ0v) is 14.2. The molecular formula is C18H15ClO5. The summed E-state index contributed by atoms with van der Waals surface area (Å²) in [5.74, 6) is 2.73. The van der Waals surface area contributed by atoms with E-state index in [1.54, 1.807) is 6.92 Å². The van der Waals surface area contributed by atoms with Crippen molar-refractivity contribution in [2.24, 2.45) is 0 Å². The molecule has 0 aliphatic heterocycles. The van der Waals surface area contributed by atoms with Gasteiger partial charge in [0.2, 0.25) is 11.6 Å². The highest BCUT2D eigenvalue weighted by Gasteiger charge is 2.37. The molecule has 5 nitrogen and oxygen atoms in total. The fourth-order valence-electron chi connectivity index (χ4n) is 2.56. The van der Waals surface area contributed by atoms with Crippen LogP contribution in [0.5, 0.6) is 5.75 Å². The number of aromatic hydroxyl groups is 1. The summed E-state index contributed by atoms with van der Waals surface area (Å²) in [6.07, 6.45) is 0.746. The highest BCUT2D eigenvalue weighted by molar-refractivity contribution is 6.50. The molecule has 1 aliphatic carbocycles. The number of fused-ring (bicyclic) bond motifs is 1. The summed E-state index contributed by atoms with van der Waals surface area (Å²) >= 11 is 5.88. The molecule has 0 unspecified atom stereocenters. The van der Waals surface area contributed by atoms with Crippen molar-refractivity contribution < 1.29 is 24.2 Å². The Morgan fingerprint density at radius 3 is 2.54 bits per heavy atom. The zero-order valence-electron chi connectivity index (χ0n) is 13.4. The van der Waals surface area contributed by atoms with Gasteiger partial charge in [0.1, 0.15) is 10.8 Å². The third kappa shape index (κ3) is 2.70. The maximum absolute atomic E-state index is 12.5. The molecule has 0 spiro atoms. The van der Waals surface area contributed by atoms with Crippen LogP contribution >= 0.6 is 11.6 Å². The predicted octanol–water partition coefficient (Wildman–Crippen LogP) is 3.22. The number of allylic oxidation sites excluding steroid dienone is 2. The first-order valence-electron chi connectivity index (χ1n) is 7.28. The van der Waals surface area contributed by atoms with Gasteiger partial charge in [-0.1, -0.05) is 24.4 Å². The normalized spacial score (nSPS) is 13.3. The molecular weight excluding hydrogens is 332 g/mol. The molecule has 0 saturated carbocycles. The predicted molar refractivity (Wildman–Crippen MR) is 88.4 cm³/mol. The van der Waals surface area contributed by atoms with E-state index in [0.29, 0.717) is 6.42 Å². The van der Waals surface area contributed by atoms with Crippen molar-refractivity contribution in [1.82, 2.24) is 0 Å². The number of carbonyl (C=O) groups excluding carboxylic acids is 3. The molecule has 124 valence electrons. The van der Waals surface area contributed by atoms with Gasteiger partial charge in [-0.15, -0.1) is 5.92 Å². The minimum Gasteiger partial charge on any atom is -0.506 e. The van der Waals surface area contributed by atoms with Gasteiger partial charge < -0.3 is 9.84 Å². The largest absolute Gasteiger partial charge is 0.506 e. The zero-order chi connectivity index (χ0) is 18.0. The van der Waals surface area contributed by atoms with Crippen molar-refractivity contribution in [3.63, 3.8) is 0 Å². The summed E-state index contributed by atoms with van der Waals surface area (Å²) in [6, 6.07) is 1.33. The van der Waals surface area contributed by atoms with Crippen molar-refractivity contribution >= 4 is 29.0 Å². The summed E-state index contributed by atoms with van der Waals surface area (Å²) < 4.78 is 4.89. The molecule has 1 N–H and O–H groups in total. The Hall–Kier alpha value is -2.58. The fraction of sp³-hybridized carbons (Fsp3) is 0.278. The van der Waals surface area contributed by atoms with Crippen LogP contribution in [-0.4, -0.2) is 29.6 Å². The number of phenols is 1. The van der Waals surface area contributed by atoms with Crippen LogP contribution in [0.4, 0.5) is 0 Å². The molecule has 1 aliphatic rings. The molecule has 1 aromatic rings. The summed E-state index contributed by atoms with van der Waals surface area (Å²) in [5, 5.41) is 10.1. The molecule has 2 rings (SSSR count). The summed E-state index contributed by atoms with van der Waals surface area (Å²) in [4.78, 5) is 37.2. The number of benzene rings is 1. The lowest BCUT2D eigenvalue weighted by Gasteiger charge is -2.20. The van der Waals surface area contributed by atoms with Crippen molar-refractivity contribution in [2.75, 3.05) is 7.11 Å². The van der Waals surface area contributed by atoms with Crippen LogP contribution < -0.4 is 0 Å². The van der Waals surface area contributed by atoms with Crippen LogP contribution in [0, 0.1) is 11.8 Å². The van der Waals surface area contributed by atoms with E-state index in [-0.39, 0.29) is 40.2 Å². The topological polar surface area (TPSA) is 80.7 Å². The molecule has 0 amide bonds. The van der Waals surface area contributed by atoms with Gasteiger partial charge in [0.25, 0.3) is 0 Å². The van der Waals surface area contributed by atoms with Gasteiger partial charge >= 0.3 is 0 Å². The first-order chi connectivity index (χ1) is 11.4. The van der Waals surface area contributed by atoms with Gasteiger partial charge in [-0.25, -0.2) is 0 Å². The van der Waals surface area contributed by atoms with Crippen LogP contribution in [0.15, 0.2) is 16.9 Å². The minimum absolute atomic E-state index is 0.0589. The lowest BCUT2D eigenvalue weighted by atomic mass is 9.86. The third-order valence-electron chi connectivity index (χ3n) is 3.60. The van der Waals surface area contributed by atoms with Crippen LogP contribution in [-0.2, 0) is 4.74 Å². The number of methoxy groups -OCH3 is 1. The number of carbonyl (C=O) groups is 3. The summed E-state index contributed by atoms with van der Waals surface area (Å²) in [7, 11) is 1.22. The summed E-state index contributed by atoms with van der Waals surface area (Å²) in [6.45, 7) is 3.38. The lowest BCUT2D eigenvalue weighted by Crippen LogP contribution is -2.22. The number of Topliss-reactive ketones (excluding diaryl/α,β-unsaturated/α-hetero) is 3. The van der Waals surface area contributed by atoms with Crippen LogP contribution in [0.2, 0.25) is 0 Å². The van der Waals surface area contributed by atoms with Gasteiger partial charge in [0.05, 0.1) is 18.2 Å². The molecule has 0 radical (unpaired) electrons. The van der Waals surface area contributed by atoms with E-state index in [9.17, 15) is 19.5 Å². The Morgan fingerprint density at radius 1 is 1.33 bits per heavy atom. The van der Waals surface area contributed by atoms with Gasteiger partial charge in [-0.3, -0.25) is 14.4 Å². The van der Waals surface area contributed by atoms with Crippen molar-refractivity contribution in [1.29, 1.82) is 0 Å². The highest BCUT2D eigenvalue weighted by atomic mass is 35.5. The number of phenolic OH excluding ortho intramolecular Hbond substituents is 1. The van der Waals surface area contributed by atoms with Crippen molar-refractivity contribution in [3.05, 3.63) is 39.1 Å². The number of hydrogen-bond donors (Lipinski definition) is 1. The first kappa shape index (κ1) is 17.8. The van der Waals surface area contributed by atoms with Crippen LogP contribution in [0.25, 0.3) is 0 Å². The number of ketones is 3. The molecule has 0 heterocycles. The molecule has 0 fully saturated rings. The van der Waals surface area contributed by atoms with E-state index in [1.807, 2.05) is 6.92 Å². The van der Waals surface area contributed by atoms with Gasteiger partial charge in [0, 0.05) is 17.5 Å². The van der Waals surface area contributed by atoms with E-state index in [0.717, 1.165) is 0 Å². The van der Waals surface area contributed by atoms with Gasteiger partial charge in [-0.2, -0.15) is 0 Å². The van der Waals surface area contributed by atoms with E-state index in [1.165, 1.54) is 13.2 Å². The van der Waals surface area contributed by atoms with E-state index < -0.39 is 22.3 Å². The molecule has 6 heteroatoms. The Bertz CT molecular complexity index is 852. The fourth-order valence-corrected chi connectivity index (χ4v) is 2.82. The second kappa shape index (κ2) is 6.90. The number of hydrogen-bond acceptors (Lipinski definition) is 5. The maximum Gasteiger partial charge on any atom is 0.230 e. The highest BCUT2D eigenvalue weighted by Crippen LogP contribution is 2.38. The maximum atomic E-state index is 12.5. The quantitative estimate of drug-likeness (QED) is 0.668. The first-order valence-corrected chi connectivity index (χ1v) is 7.65. The van der Waals surface area contributed by atoms with Crippen LogP contribution in [0.3, 0.4) is 0 Å². The molecule has 0 aromatic heterocycles. The smallest absolute Gasteiger partial charge is 0.230 e. The minimum atomic E-state index is -0.762. The molecule has 0 bridgehead atoms. The molecule has 0 saturated heterocycles. The van der Waals surface area contributed by atoms with E-state index in [4.69, 9.17) is 16.3 Å². The Morgan fingerprint density at radius 2 is 2.00 bits per heavy atom. The number of halogens is 1. The van der Waals surface area contributed by atoms with Crippen LogP contribution in [0.1, 0.15) is 63.3 Å². The molecule has 1 aromatic carbocycles. The standard InChI is InChI=1S/C18H15ClO5/c1-4-6-9-8-10-13(16(22)12(9)11(20)7-5-2)17(23)14(19)18(24-3)15(10)21/h8,22H,5,7H2,1-3H3.